The van der Waals surface area contributed by atoms with E-state index in [-0.39, 0.29) is 12.4 Å². The van der Waals surface area contributed by atoms with Crippen molar-refractivity contribution in [2.24, 2.45) is 7.05 Å². The minimum absolute atomic E-state index is 0.0172. The van der Waals surface area contributed by atoms with E-state index in [2.05, 4.69) is 26.0 Å². The van der Waals surface area contributed by atoms with E-state index in [4.69, 9.17) is 4.74 Å². The minimum Gasteiger partial charge on any atom is -0.482 e. The monoisotopic (exact) mass is 303 g/mol. The fraction of sp³-hybridized carbons (Fsp3) is 0.200. The Hall–Kier alpha value is -1.50. The molecule has 4 nitrogen and oxygen atoms in total. The van der Waals surface area contributed by atoms with Gasteiger partial charge in [-0.3, -0.25) is 4.68 Å². The van der Waals surface area contributed by atoms with Gasteiger partial charge in [0, 0.05) is 11.5 Å². The molecule has 0 bridgehead atoms. The average molecular weight is 304 g/mol. The zero-order valence-electron chi connectivity index (χ0n) is 8.82. The summed E-state index contributed by atoms with van der Waals surface area (Å²) in [5, 5.41) is 3.83. The maximum absolute atomic E-state index is 13.3. The van der Waals surface area contributed by atoms with Gasteiger partial charge in [-0.15, -0.1) is 0 Å². The smallest absolute Gasteiger partial charge is 0.200 e. The fourth-order valence-corrected chi connectivity index (χ4v) is 1.64. The first-order valence-electron chi connectivity index (χ1n) is 4.68. The summed E-state index contributed by atoms with van der Waals surface area (Å²) in [6.07, 6.45) is 1.36. The summed E-state index contributed by atoms with van der Waals surface area (Å²) in [5.74, 6) is -1.63. The number of aryl methyl sites for hydroxylation is 1. The van der Waals surface area contributed by atoms with Crippen molar-refractivity contribution in [3.8, 4) is 5.75 Å². The highest BCUT2D eigenvalue weighted by molar-refractivity contribution is 9.10. The third-order valence-corrected chi connectivity index (χ3v) is 2.58. The molecule has 0 radical (unpaired) electrons. The van der Waals surface area contributed by atoms with Gasteiger partial charge in [0.1, 0.15) is 12.9 Å². The van der Waals surface area contributed by atoms with Crippen LogP contribution in [0, 0.1) is 11.6 Å². The summed E-state index contributed by atoms with van der Waals surface area (Å²) in [6, 6.07) is 2.39. The Bertz CT molecular complexity index is 544. The normalized spacial score (nSPS) is 10.6. The predicted octanol–water partition coefficient (Wildman–Crippen LogP) is 2.43. The highest BCUT2D eigenvalue weighted by Crippen LogP contribution is 2.25. The van der Waals surface area contributed by atoms with Crippen LogP contribution in [0.1, 0.15) is 5.82 Å². The van der Waals surface area contributed by atoms with Crippen LogP contribution in [0.2, 0.25) is 0 Å². The first-order valence-corrected chi connectivity index (χ1v) is 5.47. The van der Waals surface area contributed by atoms with Crippen LogP contribution in [0.4, 0.5) is 8.78 Å². The molecule has 0 fully saturated rings. The largest absolute Gasteiger partial charge is 0.482 e. The molecule has 0 N–H and O–H groups in total. The molecule has 0 unspecified atom stereocenters. The highest BCUT2D eigenvalue weighted by atomic mass is 79.9. The van der Waals surface area contributed by atoms with E-state index in [1.807, 2.05) is 0 Å². The van der Waals surface area contributed by atoms with Gasteiger partial charge < -0.3 is 4.74 Å². The number of hydrogen-bond donors (Lipinski definition) is 0. The van der Waals surface area contributed by atoms with Crippen molar-refractivity contribution in [1.29, 1.82) is 0 Å². The van der Waals surface area contributed by atoms with Crippen LogP contribution in [0.3, 0.4) is 0 Å². The molecule has 2 aromatic rings. The van der Waals surface area contributed by atoms with E-state index in [0.717, 1.165) is 6.07 Å². The van der Waals surface area contributed by atoms with Crippen LogP contribution in [-0.4, -0.2) is 14.8 Å². The first kappa shape index (κ1) is 12.0. The second kappa shape index (κ2) is 4.79. The Kier molecular flexibility index (Phi) is 3.37. The van der Waals surface area contributed by atoms with Crippen LogP contribution in [0.25, 0.3) is 0 Å². The van der Waals surface area contributed by atoms with Gasteiger partial charge in [-0.1, -0.05) is 15.9 Å². The summed E-state index contributed by atoms with van der Waals surface area (Å²) in [6.45, 7) is 0.0172. The summed E-state index contributed by atoms with van der Waals surface area (Å²) < 4.78 is 33.5. The third kappa shape index (κ3) is 2.60. The summed E-state index contributed by atoms with van der Waals surface area (Å²) in [5.41, 5.74) is 0. The van der Waals surface area contributed by atoms with Crippen molar-refractivity contribution in [3.05, 3.63) is 40.4 Å². The van der Waals surface area contributed by atoms with Gasteiger partial charge in [-0.05, 0) is 12.1 Å². The van der Waals surface area contributed by atoms with E-state index < -0.39 is 11.6 Å². The Labute approximate surface area is 104 Å². The molecule has 17 heavy (non-hydrogen) atoms. The SMILES string of the molecule is Cn1ncnc1COc1cc(Br)cc(F)c1F. The molecule has 0 atom stereocenters. The Morgan fingerprint density at radius 3 is 2.82 bits per heavy atom. The molecule has 1 aromatic carbocycles. The number of nitrogens with zero attached hydrogens (tertiary/aromatic N) is 3. The van der Waals surface area contributed by atoms with Crippen molar-refractivity contribution >= 4 is 15.9 Å². The maximum atomic E-state index is 13.3. The fourth-order valence-electron chi connectivity index (χ4n) is 1.23. The van der Waals surface area contributed by atoms with E-state index in [1.54, 1.807) is 7.05 Å². The minimum atomic E-state index is -1.02. The first-order chi connectivity index (χ1) is 8.08. The van der Waals surface area contributed by atoms with Gasteiger partial charge in [-0.2, -0.15) is 9.49 Å². The number of rotatable bonds is 3. The number of benzene rings is 1. The second-order valence-electron chi connectivity index (χ2n) is 3.29. The summed E-state index contributed by atoms with van der Waals surface area (Å²) >= 11 is 3.06. The molecule has 0 aliphatic heterocycles. The van der Waals surface area contributed by atoms with Gasteiger partial charge in [0.05, 0.1) is 0 Å². The molecular formula is C10H8BrF2N3O. The summed E-state index contributed by atoms with van der Waals surface area (Å²) in [4.78, 5) is 3.90. The van der Waals surface area contributed by atoms with E-state index >= 15 is 0 Å². The zero-order chi connectivity index (χ0) is 12.4. The average Bonchev–Trinajstić information content (AvgIpc) is 2.67. The molecule has 0 aliphatic rings. The summed E-state index contributed by atoms with van der Waals surface area (Å²) in [7, 11) is 1.68. The number of halogens is 3. The number of hydrogen-bond acceptors (Lipinski definition) is 3. The zero-order valence-corrected chi connectivity index (χ0v) is 10.4. The van der Waals surface area contributed by atoms with Gasteiger partial charge >= 0.3 is 0 Å². The lowest BCUT2D eigenvalue weighted by Gasteiger charge is -2.07. The van der Waals surface area contributed by atoms with Crippen molar-refractivity contribution in [2.75, 3.05) is 0 Å². The van der Waals surface area contributed by atoms with E-state index in [9.17, 15) is 8.78 Å². The molecule has 2 rings (SSSR count). The van der Waals surface area contributed by atoms with Gasteiger partial charge in [0.15, 0.2) is 17.4 Å². The van der Waals surface area contributed by atoms with E-state index in [1.165, 1.54) is 17.1 Å². The van der Waals surface area contributed by atoms with Gasteiger partial charge in [0.2, 0.25) is 5.82 Å². The lowest BCUT2D eigenvalue weighted by atomic mass is 10.3. The molecule has 90 valence electrons. The Morgan fingerprint density at radius 1 is 1.41 bits per heavy atom. The molecule has 0 amide bonds. The molecule has 0 aliphatic carbocycles. The van der Waals surface area contributed by atoms with Gasteiger partial charge in [0.25, 0.3) is 0 Å². The van der Waals surface area contributed by atoms with Crippen LogP contribution in [-0.2, 0) is 13.7 Å². The molecule has 0 spiro atoms. The highest BCUT2D eigenvalue weighted by Gasteiger charge is 2.12. The quantitative estimate of drug-likeness (QED) is 0.818. The maximum Gasteiger partial charge on any atom is 0.200 e. The second-order valence-corrected chi connectivity index (χ2v) is 4.20. The molecule has 1 heterocycles. The topological polar surface area (TPSA) is 39.9 Å². The van der Waals surface area contributed by atoms with Crippen LogP contribution in [0.5, 0.6) is 5.75 Å². The van der Waals surface area contributed by atoms with Crippen LogP contribution in [0.15, 0.2) is 22.9 Å². The standard InChI is InChI=1S/C10H8BrF2N3O/c1-16-9(14-5-15-16)4-17-8-3-6(11)2-7(12)10(8)13/h2-3,5H,4H2,1H3. The van der Waals surface area contributed by atoms with E-state index in [0.29, 0.717) is 10.3 Å². The molecule has 0 saturated carbocycles. The predicted molar refractivity (Wildman–Crippen MR) is 59.4 cm³/mol. The Morgan fingerprint density at radius 2 is 2.18 bits per heavy atom. The third-order valence-electron chi connectivity index (χ3n) is 2.12. The molecule has 0 saturated heterocycles. The molecule has 7 heteroatoms. The van der Waals surface area contributed by atoms with Crippen LogP contribution >= 0.6 is 15.9 Å². The lowest BCUT2D eigenvalue weighted by Crippen LogP contribution is -2.05. The molecular weight excluding hydrogens is 296 g/mol. The van der Waals surface area contributed by atoms with Crippen molar-refractivity contribution < 1.29 is 13.5 Å². The van der Waals surface area contributed by atoms with Crippen molar-refractivity contribution in [3.63, 3.8) is 0 Å². The lowest BCUT2D eigenvalue weighted by molar-refractivity contribution is 0.270. The molecule has 1 aromatic heterocycles. The Balaban J connectivity index is 2.17. The van der Waals surface area contributed by atoms with Crippen molar-refractivity contribution in [1.82, 2.24) is 14.8 Å². The van der Waals surface area contributed by atoms with Crippen molar-refractivity contribution in [2.45, 2.75) is 6.61 Å². The van der Waals surface area contributed by atoms with Crippen LogP contribution < -0.4 is 4.74 Å². The number of aromatic nitrogens is 3. The van der Waals surface area contributed by atoms with Gasteiger partial charge in [-0.25, -0.2) is 9.37 Å². The number of ether oxygens (including phenoxy) is 1.